The molecule has 1 amide bonds. The van der Waals surface area contributed by atoms with Crippen LogP contribution in [-0.4, -0.2) is 27.3 Å². The minimum atomic E-state index is -4.21. The summed E-state index contributed by atoms with van der Waals surface area (Å²) >= 11 is 2.77. The summed E-state index contributed by atoms with van der Waals surface area (Å²) in [6.45, 7) is -0.975. The number of halogens is 5. The van der Waals surface area contributed by atoms with Crippen molar-refractivity contribution in [2.24, 2.45) is 0 Å². The maximum absolute atomic E-state index is 13.5. The van der Waals surface area contributed by atoms with Crippen LogP contribution in [0.15, 0.2) is 21.5 Å². The lowest BCUT2D eigenvalue weighted by molar-refractivity contribution is 0.0887. The van der Waals surface area contributed by atoms with Gasteiger partial charge in [0.15, 0.2) is 0 Å². The van der Waals surface area contributed by atoms with Gasteiger partial charge >= 0.3 is 0 Å². The molecule has 1 aromatic carbocycles. The lowest BCUT2D eigenvalue weighted by Crippen LogP contribution is -2.29. The third kappa shape index (κ3) is 4.36. The zero-order valence-corrected chi connectivity index (χ0v) is 12.1. The number of benzene rings is 1. The van der Waals surface area contributed by atoms with Gasteiger partial charge in [0.2, 0.25) is 0 Å². The molecule has 4 nitrogen and oxygen atoms in total. The van der Waals surface area contributed by atoms with E-state index in [1.807, 2.05) is 0 Å². The Kier molecular flexibility index (Phi) is 5.22. The normalized spacial score (nSPS) is 11.7. The number of carbonyl (C=O) groups is 1. The molecule has 1 aromatic rings. The summed E-state index contributed by atoms with van der Waals surface area (Å²) < 4.78 is 59.5. The molecular weight excluding hydrogens is 375 g/mol. The number of rotatable bonds is 4. The fraction of sp³-hybridized carbons (Fsp3) is 0.222. The summed E-state index contributed by atoms with van der Waals surface area (Å²) in [7, 11) is 0.881. The van der Waals surface area contributed by atoms with Gasteiger partial charge < -0.3 is 5.32 Å². The van der Waals surface area contributed by atoms with E-state index in [2.05, 4.69) is 15.9 Å². The molecule has 0 fully saturated rings. The van der Waals surface area contributed by atoms with Gasteiger partial charge in [0.05, 0.1) is 17.0 Å². The second kappa shape index (κ2) is 6.10. The Hall–Kier alpha value is -0.800. The zero-order valence-electron chi connectivity index (χ0n) is 8.96. The third-order valence-electron chi connectivity index (χ3n) is 1.95. The summed E-state index contributed by atoms with van der Waals surface area (Å²) in [4.78, 5) is 10.9. The number of nitrogens with one attached hydrogen (secondary N) is 1. The highest BCUT2D eigenvalue weighted by Crippen LogP contribution is 2.28. The zero-order chi connectivity index (χ0) is 14.8. The fourth-order valence-electron chi connectivity index (χ4n) is 1.16. The summed E-state index contributed by atoms with van der Waals surface area (Å²) in [6.07, 6.45) is -2.81. The SMILES string of the molecule is O=C(NCC(F)F)c1cc(S(=O)(=O)Cl)c(Br)cc1F. The molecule has 0 aliphatic rings. The molecule has 1 N–H and O–H groups in total. The first kappa shape index (κ1) is 16.3. The lowest BCUT2D eigenvalue weighted by atomic mass is 10.2. The fourth-order valence-corrected chi connectivity index (χ4v) is 3.32. The largest absolute Gasteiger partial charge is 0.346 e. The van der Waals surface area contributed by atoms with Crippen molar-refractivity contribution in [3.8, 4) is 0 Å². The minimum Gasteiger partial charge on any atom is -0.346 e. The molecule has 19 heavy (non-hydrogen) atoms. The number of carbonyl (C=O) groups excluding carboxylic acids is 1. The van der Waals surface area contributed by atoms with Gasteiger partial charge in [0.1, 0.15) is 5.82 Å². The number of hydrogen-bond acceptors (Lipinski definition) is 3. The molecule has 0 unspecified atom stereocenters. The van der Waals surface area contributed by atoms with E-state index in [0.717, 1.165) is 0 Å². The van der Waals surface area contributed by atoms with E-state index in [-0.39, 0.29) is 4.47 Å². The van der Waals surface area contributed by atoms with E-state index in [0.29, 0.717) is 12.1 Å². The van der Waals surface area contributed by atoms with Crippen LogP contribution in [0.3, 0.4) is 0 Å². The van der Waals surface area contributed by atoms with Gasteiger partial charge in [-0.25, -0.2) is 21.6 Å². The van der Waals surface area contributed by atoms with Crippen molar-refractivity contribution >= 4 is 41.6 Å². The molecule has 0 aromatic heterocycles. The second-order valence-corrected chi connectivity index (χ2v) is 6.69. The van der Waals surface area contributed by atoms with Crippen molar-refractivity contribution in [1.82, 2.24) is 5.32 Å². The molecular formula is C9H6BrClF3NO3S. The van der Waals surface area contributed by atoms with Gasteiger partial charge in [-0.3, -0.25) is 4.79 Å². The van der Waals surface area contributed by atoms with Crippen LogP contribution in [0, 0.1) is 5.82 Å². The monoisotopic (exact) mass is 379 g/mol. The van der Waals surface area contributed by atoms with Crippen molar-refractivity contribution < 1.29 is 26.4 Å². The summed E-state index contributed by atoms with van der Waals surface area (Å²) in [6, 6.07) is 1.38. The molecule has 0 atom stereocenters. The van der Waals surface area contributed by atoms with Gasteiger partial charge in [0, 0.05) is 15.2 Å². The number of amides is 1. The van der Waals surface area contributed by atoms with Crippen LogP contribution in [-0.2, 0) is 9.05 Å². The molecule has 0 saturated heterocycles. The molecule has 0 radical (unpaired) electrons. The smallest absolute Gasteiger partial charge is 0.262 e. The summed E-state index contributed by atoms with van der Waals surface area (Å²) in [5.41, 5.74) is -0.692. The Balaban J connectivity index is 3.19. The molecule has 0 aliphatic heterocycles. The highest BCUT2D eigenvalue weighted by Gasteiger charge is 2.21. The highest BCUT2D eigenvalue weighted by atomic mass is 79.9. The third-order valence-corrected chi connectivity index (χ3v) is 4.23. The summed E-state index contributed by atoms with van der Waals surface area (Å²) in [5, 5.41) is 1.76. The van der Waals surface area contributed by atoms with Crippen molar-refractivity contribution in [1.29, 1.82) is 0 Å². The highest BCUT2D eigenvalue weighted by molar-refractivity contribution is 9.10. The predicted octanol–water partition coefficient (Wildman–Crippen LogP) is 2.51. The first-order chi connectivity index (χ1) is 8.62. The molecule has 0 aliphatic carbocycles. The Morgan fingerprint density at radius 2 is 2.00 bits per heavy atom. The Morgan fingerprint density at radius 1 is 1.42 bits per heavy atom. The molecule has 0 saturated carbocycles. The van der Waals surface area contributed by atoms with Crippen LogP contribution in [0.5, 0.6) is 0 Å². The van der Waals surface area contributed by atoms with E-state index in [1.54, 1.807) is 5.32 Å². The van der Waals surface area contributed by atoms with E-state index in [1.165, 1.54) is 0 Å². The standard InChI is InChI=1S/C9H6BrClF3NO3S/c10-5-2-6(12)4(1-7(5)19(11,17)18)9(16)15-3-8(13)14/h1-2,8H,3H2,(H,15,16). The van der Waals surface area contributed by atoms with Crippen LogP contribution >= 0.6 is 26.6 Å². The van der Waals surface area contributed by atoms with Crippen LogP contribution in [0.1, 0.15) is 10.4 Å². The molecule has 0 heterocycles. The van der Waals surface area contributed by atoms with Crippen molar-refractivity contribution in [2.45, 2.75) is 11.3 Å². The Bertz CT molecular complexity index is 609. The average molecular weight is 381 g/mol. The molecule has 1 rings (SSSR count). The maximum atomic E-state index is 13.5. The number of hydrogen-bond donors (Lipinski definition) is 1. The van der Waals surface area contributed by atoms with Crippen molar-refractivity contribution in [2.75, 3.05) is 6.54 Å². The second-order valence-electron chi connectivity index (χ2n) is 3.30. The van der Waals surface area contributed by atoms with Gasteiger partial charge in [-0.05, 0) is 28.1 Å². The number of alkyl halides is 2. The predicted molar refractivity (Wildman–Crippen MR) is 65.5 cm³/mol. The van der Waals surface area contributed by atoms with Crippen LogP contribution in [0.25, 0.3) is 0 Å². The van der Waals surface area contributed by atoms with Gasteiger partial charge in [-0.2, -0.15) is 0 Å². The molecule has 10 heteroatoms. The Labute approximate surface area is 119 Å². The van der Waals surface area contributed by atoms with Crippen LogP contribution < -0.4 is 5.32 Å². The van der Waals surface area contributed by atoms with Crippen molar-refractivity contribution in [3.05, 3.63) is 28.0 Å². The molecule has 0 spiro atoms. The summed E-state index contributed by atoms with van der Waals surface area (Å²) in [5.74, 6) is -2.23. The lowest BCUT2D eigenvalue weighted by Gasteiger charge is -2.08. The van der Waals surface area contributed by atoms with Gasteiger partial charge in [-0.1, -0.05) is 0 Å². The van der Waals surface area contributed by atoms with Gasteiger partial charge in [0.25, 0.3) is 21.4 Å². The van der Waals surface area contributed by atoms with E-state index in [9.17, 15) is 26.4 Å². The van der Waals surface area contributed by atoms with E-state index in [4.69, 9.17) is 10.7 Å². The topological polar surface area (TPSA) is 63.2 Å². The van der Waals surface area contributed by atoms with Gasteiger partial charge in [-0.15, -0.1) is 0 Å². The van der Waals surface area contributed by atoms with E-state index >= 15 is 0 Å². The molecule has 106 valence electrons. The first-order valence-corrected chi connectivity index (χ1v) is 7.73. The quantitative estimate of drug-likeness (QED) is 0.817. The van der Waals surface area contributed by atoms with Crippen molar-refractivity contribution in [3.63, 3.8) is 0 Å². The first-order valence-electron chi connectivity index (χ1n) is 4.63. The minimum absolute atomic E-state index is 0.176. The Morgan fingerprint density at radius 3 is 2.47 bits per heavy atom. The average Bonchev–Trinajstić information content (AvgIpc) is 2.24. The maximum Gasteiger partial charge on any atom is 0.262 e. The molecule has 0 bridgehead atoms. The van der Waals surface area contributed by atoms with Crippen LogP contribution in [0.2, 0.25) is 0 Å². The van der Waals surface area contributed by atoms with E-state index < -0.39 is 44.2 Å². The van der Waals surface area contributed by atoms with Crippen LogP contribution in [0.4, 0.5) is 13.2 Å².